The average molecular weight is 299 g/mol. The van der Waals surface area contributed by atoms with Crippen LogP contribution >= 0.6 is 11.6 Å². The second-order valence-electron chi connectivity index (χ2n) is 5.64. The molecule has 0 saturated carbocycles. The van der Waals surface area contributed by atoms with Gasteiger partial charge in [0.25, 0.3) is 0 Å². The van der Waals surface area contributed by atoms with Gasteiger partial charge in [-0.1, -0.05) is 18.5 Å². The van der Waals surface area contributed by atoms with E-state index in [1.807, 2.05) is 27.7 Å². The number of anilines is 1. The number of rotatable bonds is 6. The lowest BCUT2D eigenvalue weighted by Gasteiger charge is -2.20. The summed E-state index contributed by atoms with van der Waals surface area (Å²) in [6.07, 6.45) is 0.904. The highest BCUT2D eigenvalue weighted by Crippen LogP contribution is 2.28. The number of carbonyl (C=O) groups is 1. The van der Waals surface area contributed by atoms with E-state index in [-0.39, 0.29) is 18.0 Å². The summed E-state index contributed by atoms with van der Waals surface area (Å²) < 4.78 is 5.59. The summed E-state index contributed by atoms with van der Waals surface area (Å²) in [6.45, 7) is 8.90. The fourth-order valence-electron chi connectivity index (χ4n) is 1.48. The number of halogens is 1. The predicted octanol–water partition coefficient (Wildman–Crippen LogP) is 3.46. The van der Waals surface area contributed by atoms with Crippen molar-refractivity contribution in [2.24, 2.45) is 0 Å². The van der Waals surface area contributed by atoms with Crippen LogP contribution in [0.25, 0.3) is 0 Å². The van der Waals surface area contributed by atoms with E-state index >= 15 is 0 Å². The second-order valence-corrected chi connectivity index (χ2v) is 6.08. The predicted molar refractivity (Wildman–Crippen MR) is 83.6 cm³/mol. The fraction of sp³-hybridized carbons (Fsp3) is 0.533. The molecule has 0 bridgehead atoms. The first kappa shape index (κ1) is 16.8. The highest BCUT2D eigenvalue weighted by atomic mass is 35.5. The van der Waals surface area contributed by atoms with Crippen LogP contribution in [0.3, 0.4) is 0 Å². The number of hydrogen-bond donors (Lipinski definition) is 2. The first-order valence-electron chi connectivity index (χ1n) is 6.79. The lowest BCUT2D eigenvalue weighted by Crippen LogP contribution is -2.41. The highest BCUT2D eigenvalue weighted by Gasteiger charge is 2.13. The molecular formula is C15H23ClN2O2. The summed E-state index contributed by atoms with van der Waals surface area (Å²) in [4.78, 5) is 11.9. The van der Waals surface area contributed by atoms with Gasteiger partial charge in [-0.25, -0.2) is 0 Å². The van der Waals surface area contributed by atoms with E-state index in [2.05, 4.69) is 10.6 Å². The standard InChI is InChI=1S/C15H23ClN2O2/c1-5-8-20-13-7-6-11(16)9-12(13)18-14(19)10-17-15(2,3)4/h6-7,9,17H,5,8,10H2,1-4H3,(H,18,19). The number of ether oxygens (including phenoxy) is 1. The van der Waals surface area contributed by atoms with E-state index in [0.29, 0.717) is 23.1 Å². The van der Waals surface area contributed by atoms with Crippen LogP contribution in [0.1, 0.15) is 34.1 Å². The van der Waals surface area contributed by atoms with E-state index in [4.69, 9.17) is 16.3 Å². The maximum absolute atomic E-state index is 11.9. The summed E-state index contributed by atoms with van der Waals surface area (Å²) in [5.41, 5.74) is 0.499. The van der Waals surface area contributed by atoms with Gasteiger partial charge in [-0.2, -0.15) is 0 Å². The van der Waals surface area contributed by atoms with E-state index in [0.717, 1.165) is 6.42 Å². The number of amides is 1. The summed E-state index contributed by atoms with van der Waals surface area (Å²) in [7, 11) is 0. The van der Waals surface area contributed by atoms with Crippen molar-refractivity contribution in [3.05, 3.63) is 23.2 Å². The fourth-order valence-corrected chi connectivity index (χ4v) is 1.65. The van der Waals surface area contributed by atoms with Crippen LogP contribution in [0, 0.1) is 0 Å². The maximum Gasteiger partial charge on any atom is 0.238 e. The van der Waals surface area contributed by atoms with Crippen LogP contribution in [0.5, 0.6) is 5.75 Å². The molecular weight excluding hydrogens is 276 g/mol. The van der Waals surface area contributed by atoms with Crippen molar-refractivity contribution in [2.75, 3.05) is 18.5 Å². The molecule has 2 N–H and O–H groups in total. The molecule has 20 heavy (non-hydrogen) atoms. The van der Waals surface area contributed by atoms with Crippen molar-refractivity contribution in [3.63, 3.8) is 0 Å². The molecule has 0 aliphatic heterocycles. The van der Waals surface area contributed by atoms with Crippen molar-refractivity contribution in [1.82, 2.24) is 5.32 Å². The average Bonchev–Trinajstić information content (AvgIpc) is 2.35. The normalized spacial score (nSPS) is 11.2. The minimum atomic E-state index is -0.122. The first-order valence-corrected chi connectivity index (χ1v) is 7.17. The molecule has 112 valence electrons. The van der Waals surface area contributed by atoms with Crippen LogP contribution < -0.4 is 15.4 Å². The van der Waals surface area contributed by atoms with Gasteiger partial charge in [0.05, 0.1) is 18.8 Å². The Morgan fingerprint density at radius 3 is 2.65 bits per heavy atom. The van der Waals surface area contributed by atoms with E-state index in [1.165, 1.54) is 0 Å². The lowest BCUT2D eigenvalue weighted by molar-refractivity contribution is -0.115. The number of hydrogen-bond acceptors (Lipinski definition) is 3. The molecule has 0 atom stereocenters. The largest absolute Gasteiger partial charge is 0.491 e. The molecule has 0 aromatic heterocycles. The van der Waals surface area contributed by atoms with Crippen molar-refractivity contribution >= 4 is 23.2 Å². The van der Waals surface area contributed by atoms with Crippen LogP contribution in [0.2, 0.25) is 5.02 Å². The van der Waals surface area contributed by atoms with E-state index in [9.17, 15) is 4.79 Å². The third-order valence-corrected chi connectivity index (χ3v) is 2.69. The molecule has 0 unspecified atom stereocenters. The Morgan fingerprint density at radius 1 is 1.35 bits per heavy atom. The van der Waals surface area contributed by atoms with Gasteiger partial charge in [-0.3, -0.25) is 4.79 Å². The van der Waals surface area contributed by atoms with Crippen LogP contribution in [0.4, 0.5) is 5.69 Å². The molecule has 1 rings (SSSR count). The van der Waals surface area contributed by atoms with Crippen LogP contribution in [-0.4, -0.2) is 24.6 Å². The monoisotopic (exact) mass is 298 g/mol. The van der Waals surface area contributed by atoms with Crippen LogP contribution in [-0.2, 0) is 4.79 Å². The Morgan fingerprint density at radius 2 is 2.05 bits per heavy atom. The molecule has 0 heterocycles. The molecule has 0 fully saturated rings. The Bertz CT molecular complexity index is 456. The lowest BCUT2D eigenvalue weighted by atomic mass is 10.1. The molecule has 0 aliphatic rings. The van der Waals surface area contributed by atoms with E-state index < -0.39 is 0 Å². The van der Waals surface area contributed by atoms with Gasteiger partial charge in [0.2, 0.25) is 5.91 Å². The van der Waals surface area contributed by atoms with Gasteiger partial charge in [0, 0.05) is 10.6 Å². The quantitative estimate of drug-likeness (QED) is 0.845. The smallest absolute Gasteiger partial charge is 0.238 e. The molecule has 4 nitrogen and oxygen atoms in total. The van der Waals surface area contributed by atoms with Crippen molar-refractivity contribution in [2.45, 2.75) is 39.7 Å². The van der Waals surface area contributed by atoms with Gasteiger partial charge in [0.15, 0.2) is 0 Å². The molecule has 5 heteroatoms. The Balaban J connectivity index is 2.69. The molecule has 0 saturated heterocycles. The zero-order valence-electron chi connectivity index (χ0n) is 12.5. The number of benzene rings is 1. The van der Waals surface area contributed by atoms with Gasteiger partial charge >= 0.3 is 0 Å². The Kier molecular flexibility index (Phi) is 6.30. The maximum atomic E-state index is 11.9. The van der Waals surface area contributed by atoms with Crippen LogP contribution in [0.15, 0.2) is 18.2 Å². The van der Waals surface area contributed by atoms with Crippen molar-refractivity contribution in [1.29, 1.82) is 0 Å². The molecule has 1 amide bonds. The van der Waals surface area contributed by atoms with Crippen molar-refractivity contribution < 1.29 is 9.53 Å². The minimum Gasteiger partial charge on any atom is -0.491 e. The summed E-state index contributed by atoms with van der Waals surface area (Å²) in [5, 5.41) is 6.52. The number of carbonyl (C=O) groups excluding carboxylic acids is 1. The van der Waals surface area contributed by atoms with E-state index in [1.54, 1.807) is 18.2 Å². The zero-order chi connectivity index (χ0) is 15.2. The zero-order valence-corrected chi connectivity index (χ0v) is 13.3. The van der Waals surface area contributed by atoms with Crippen molar-refractivity contribution in [3.8, 4) is 5.75 Å². The molecule has 0 aliphatic carbocycles. The molecule has 1 aromatic rings. The van der Waals surface area contributed by atoms with Gasteiger partial charge < -0.3 is 15.4 Å². The summed E-state index contributed by atoms with van der Waals surface area (Å²) in [5.74, 6) is 0.517. The molecule has 0 spiro atoms. The third kappa shape index (κ3) is 6.26. The minimum absolute atomic E-state index is 0.104. The topological polar surface area (TPSA) is 50.4 Å². The molecule has 0 radical (unpaired) electrons. The molecule has 1 aromatic carbocycles. The third-order valence-electron chi connectivity index (χ3n) is 2.46. The van der Waals surface area contributed by atoms with Gasteiger partial charge in [-0.05, 0) is 45.4 Å². The Hall–Kier alpha value is -1.26. The SMILES string of the molecule is CCCOc1ccc(Cl)cc1NC(=O)CNC(C)(C)C. The second kappa shape index (κ2) is 7.50. The van der Waals surface area contributed by atoms with Gasteiger partial charge in [-0.15, -0.1) is 0 Å². The first-order chi connectivity index (χ1) is 9.31. The number of nitrogens with one attached hydrogen (secondary N) is 2. The summed E-state index contributed by atoms with van der Waals surface area (Å²) in [6, 6.07) is 5.21. The highest BCUT2D eigenvalue weighted by molar-refractivity contribution is 6.31. The van der Waals surface area contributed by atoms with Gasteiger partial charge in [0.1, 0.15) is 5.75 Å². The summed E-state index contributed by atoms with van der Waals surface area (Å²) >= 11 is 5.96. The Labute approximate surface area is 125 Å².